The van der Waals surface area contributed by atoms with E-state index in [1.54, 1.807) is 6.20 Å². The zero-order valence-electron chi connectivity index (χ0n) is 11.9. The van der Waals surface area contributed by atoms with Crippen LogP contribution in [0.25, 0.3) is 11.1 Å². The van der Waals surface area contributed by atoms with E-state index in [1.165, 1.54) is 27.8 Å². The Morgan fingerprint density at radius 3 is 2.76 bits per heavy atom. The van der Waals surface area contributed by atoms with Gasteiger partial charge in [-0.2, -0.15) is 5.10 Å². The van der Waals surface area contributed by atoms with E-state index in [9.17, 15) is 0 Å². The lowest BCUT2D eigenvalue weighted by Crippen LogP contribution is -2.04. The highest BCUT2D eigenvalue weighted by molar-refractivity contribution is 5.82. The molecule has 1 unspecified atom stereocenters. The van der Waals surface area contributed by atoms with Crippen LogP contribution in [0.1, 0.15) is 35.2 Å². The first kappa shape index (κ1) is 12.2. The van der Waals surface area contributed by atoms with Crippen LogP contribution in [-0.2, 0) is 6.42 Å². The van der Waals surface area contributed by atoms with Crippen molar-refractivity contribution in [2.24, 2.45) is 0 Å². The maximum atomic E-state index is 6.49. The molecule has 1 heterocycles. The molecular weight excluding hydrogens is 258 g/mol. The SMILES string of the molecule is CC(c1ccn[nH]1)c1ccc2c(c1N)Cc1ccccc1-2. The average Bonchev–Trinajstić information content (AvgIpc) is 3.15. The second-order valence-corrected chi connectivity index (χ2v) is 5.66. The average molecular weight is 275 g/mol. The summed E-state index contributed by atoms with van der Waals surface area (Å²) in [7, 11) is 0. The van der Waals surface area contributed by atoms with Gasteiger partial charge in [-0.3, -0.25) is 5.10 Å². The van der Waals surface area contributed by atoms with E-state index < -0.39 is 0 Å². The van der Waals surface area contributed by atoms with E-state index in [1.807, 2.05) is 6.07 Å². The molecule has 0 radical (unpaired) electrons. The minimum atomic E-state index is 0.224. The van der Waals surface area contributed by atoms with Crippen LogP contribution in [0.15, 0.2) is 48.7 Å². The first-order valence-corrected chi connectivity index (χ1v) is 7.24. The van der Waals surface area contributed by atoms with E-state index in [0.29, 0.717) is 0 Å². The van der Waals surface area contributed by atoms with Gasteiger partial charge in [0, 0.05) is 29.9 Å². The molecule has 1 aromatic heterocycles. The Labute approximate surface area is 123 Å². The molecule has 0 aliphatic heterocycles. The first-order valence-electron chi connectivity index (χ1n) is 7.24. The summed E-state index contributed by atoms with van der Waals surface area (Å²) in [5.41, 5.74) is 14.9. The number of benzene rings is 2. The minimum Gasteiger partial charge on any atom is -0.398 e. The topological polar surface area (TPSA) is 54.7 Å². The number of nitrogens with two attached hydrogens (primary N) is 1. The Bertz CT molecular complexity index is 803. The van der Waals surface area contributed by atoms with E-state index >= 15 is 0 Å². The highest BCUT2D eigenvalue weighted by atomic mass is 15.1. The van der Waals surface area contributed by atoms with Crippen molar-refractivity contribution in [2.75, 3.05) is 5.73 Å². The Morgan fingerprint density at radius 1 is 1.10 bits per heavy atom. The van der Waals surface area contributed by atoms with Crippen LogP contribution in [0.3, 0.4) is 0 Å². The number of aromatic nitrogens is 2. The highest BCUT2D eigenvalue weighted by Crippen LogP contribution is 2.42. The first-order chi connectivity index (χ1) is 10.3. The maximum absolute atomic E-state index is 6.49. The number of nitrogens with one attached hydrogen (secondary N) is 1. The molecule has 1 aliphatic carbocycles. The number of anilines is 1. The molecule has 0 saturated carbocycles. The van der Waals surface area contributed by atoms with E-state index in [2.05, 4.69) is 53.5 Å². The fourth-order valence-electron chi connectivity index (χ4n) is 3.31. The summed E-state index contributed by atoms with van der Waals surface area (Å²) in [6, 6.07) is 14.9. The van der Waals surface area contributed by atoms with Gasteiger partial charge in [0.15, 0.2) is 0 Å². The molecule has 3 aromatic rings. The quantitative estimate of drug-likeness (QED) is 0.548. The number of rotatable bonds is 2. The second kappa shape index (κ2) is 4.48. The molecule has 3 N–H and O–H groups in total. The normalized spacial score (nSPS) is 13.8. The Kier molecular flexibility index (Phi) is 2.61. The monoisotopic (exact) mass is 275 g/mol. The molecule has 4 rings (SSSR count). The van der Waals surface area contributed by atoms with Crippen LogP contribution in [-0.4, -0.2) is 10.2 Å². The van der Waals surface area contributed by atoms with Gasteiger partial charge >= 0.3 is 0 Å². The second-order valence-electron chi connectivity index (χ2n) is 5.66. The van der Waals surface area contributed by atoms with Gasteiger partial charge in [-0.25, -0.2) is 0 Å². The summed E-state index contributed by atoms with van der Waals surface area (Å²) in [5.74, 6) is 0.224. The number of nitrogen functional groups attached to an aromatic ring is 1. The van der Waals surface area contributed by atoms with Gasteiger partial charge in [-0.1, -0.05) is 43.3 Å². The van der Waals surface area contributed by atoms with E-state index in [4.69, 9.17) is 5.73 Å². The molecule has 0 saturated heterocycles. The van der Waals surface area contributed by atoms with Crippen molar-refractivity contribution in [1.29, 1.82) is 0 Å². The van der Waals surface area contributed by atoms with Crippen LogP contribution < -0.4 is 5.73 Å². The third-order valence-corrected chi connectivity index (χ3v) is 4.52. The van der Waals surface area contributed by atoms with Crippen LogP contribution in [0.4, 0.5) is 5.69 Å². The van der Waals surface area contributed by atoms with Crippen molar-refractivity contribution >= 4 is 5.69 Å². The molecule has 0 amide bonds. The summed E-state index contributed by atoms with van der Waals surface area (Å²) in [4.78, 5) is 0. The smallest absolute Gasteiger partial charge is 0.0490 e. The summed E-state index contributed by atoms with van der Waals surface area (Å²) in [5, 5.41) is 7.08. The summed E-state index contributed by atoms with van der Waals surface area (Å²) < 4.78 is 0. The molecule has 2 aromatic carbocycles. The third kappa shape index (κ3) is 1.77. The largest absolute Gasteiger partial charge is 0.398 e. The molecule has 0 fully saturated rings. The minimum absolute atomic E-state index is 0.224. The fourth-order valence-corrected chi connectivity index (χ4v) is 3.31. The number of H-pyrrole nitrogens is 1. The maximum Gasteiger partial charge on any atom is 0.0490 e. The van der Waals surface area contributed by atoms with Gasteiger partial charge in [0.2, 0.25) is 0 Å². The fraction of sp³-hybridized carbons (Fsp3) is 0.167. The van der Waals surface area contributed by atoms with Gasteiger partial charge in [-0.15, -0.1) is 0 Å². The molecular formula is C18H17N3. The Balaban J connectivity index is 1.83. The van der Waals surface area contributed by atoms with Crippen molar-refractivity contribution in [3.8, 4) is 11.1 Å². The molecule has 3 heteroatoms. The third-order valence-electron chi connectivity index (χ3n) is 4.52. The number of aromatic amines is 1. The van der Waals surface area contributed by atoms with E-state index in [-0.39, 0.29) is 5.92 Å². The van der Waals surface area contributed by atoms with Crippen molar-refractivity contribution in [2.45, 2.75) is 19.3 Å². The van der Waals surface area contributed by atoms with Crippen molar-refractivity contribution in [3.05, 3.63) is 71.0 Å². The molecule has 1 aliphatic rings. The molecule has 21 heavy (non-hydrogen) atoms. The standard InChI is InChI=1S/C18H17N3/c1-11(17-8-9-20-21-17)13-6-7-15-14-5-3-2-4-12(14)10-16(15)18(13)19/h2-9,11H,10,19H2,1H3,(H,20,21). The van der Waals surface area contributed by atoms with Gasteiger partial charge in [0.1, 0.15) is 0 Å². The van der Waals surface area contributed by atoms with Crippen LogP contribution in [0.2, 0.25) is 0 Å². The van der Waals surface area contributed by atoms with E-state index in [0.717, 1.165) is 17.8 Å². The summed E-state index contributed by atoms with van der Waals surface area (Å²) in [6.45, 7) is 2.16. The van der Waals surface area contributed by atoms with Crippen molar-refractivity contribution < 1.29 is 0 Å². The molecule has 0 spiro atoms. The van der Waals surface area contributed by atoms with Crippen LogP contribution in [0.5, 0.6) is 0 Å². The van der Waals surface area contributed by atoms with Gasteiger partial charge in [-0.05, 0) is 33.9 Å². The summed E-state index contributed by atoms with van der Waals surface area (Å²) >= 11 is 0. The lowest BCUT2D eigenvalue weighted by atomic mass is 9.92. The zero-order chi connectivity index (χ0) is 14.4. The lowest BCUT2D eigenvalue weighted by Gasteiger charge is -2.16. The van der Waals surface area contributed by atoms with Gasteiger partial charge in [0.05, 0.1) is 0 Å². The molecule has 104 valence electrons. The zero-order valence-corrected chi connectivity index (χ0v) is 11.9. The Morgan fingerprint density at radius 2 is 1.95 bits per heavy atom. The van der Waals surface area contributed by atoms with Crippen LogP contribution >= 0.6 is 0 Å². The number of fused-ring (bicyclic) bond motifs is 3. The predicted molar refractivity (Wildman–Crippen MR) is 85.2 cm³/mol. The van der Waals surface area contributed by atoms with Gasteiger partial charge < -0.3 is 5.73 Å². The number of hydrogen-bond donors (Lipinski definition) is 2. The van der Waals surface area contributed by atoms with Crippen molar-refractivity contribution in [1.82, 2.24) is 10.2 Å². The predicted octanol–water partition coefficient (Wildman–Crippen LogP) is 3.71. The molecule has 3 nitrogen and oxygen atoms in total. The lowest BCUT2D eigenvalue weighted by molar-refractivity contribution is 0.855. The molecule has 0 bridgehead atoms. The Hall–Kier alpha value is -2.55. The highest BCUT2D eigenvalue weighted by Gasteiger charge is 2.23. The van der Waals surface area contributed by atoms with Gasteiger partial charge in [0.25, 0.3) is 0 Å². The summed E-state index contributed by atoms with van der Waals surface area (Å²) in [6.07, 6.45) is 2.71. The number of nitrogens with zero attached hydrogens (tertiary/aromatic N) is 1. The molecule has 1 atom stereocenters. The van der Waals surface area contributed by atoms with Crippen LogP contribution in [0, 0.1) is 0 Å². The number of hydrogen-bond acceptors (Lipinski definition) is 2. The van der Waals surface area contributed by atoms with Crippen molar-refractivity contribution in [3.63, 3.8) is 0 Å².